The van der Waals surface area contributed by atoms with Crippen molar-refractivity contribution < 1.29 is 0 Å². The zero-order valence-electron chi connectivity index (χ0n) is 14.9. The molecule has 130 valence electrons. The number of fused-ring (bicyclic) bond motifs is 1. The molecule has 0 aliphatic carbocycles. The molecule has 4 rings (SSSR count). The summed E-state index contributed by atoms with van der Waals surface area (Å²) in [5.74, 6) is 0.754. The van der Waals surface area contributed by atoms with Crippen LogP contribution in [0.25, 0.3) is 33.8 Å². The molecule has 0 bridgehead atoms. The summed E-state index contributed by atoms with van der Waals surface area (Å²) in [7, 11) is 0. The van der Waals surface area contributed by atoms with Gasteiger partial charge in [0.05, 0.1) is 21.7 Å². The van der Waals surface area contributed by atoms with E-state index in [2.05, 4.69) is 58.9 Å². The molecule has 0 saturated carbocycles. The predicted molar refractivity (Wildman–Crippen MR) is 106 cm³/mol. The van der Waals surface area contributed by atoms with Crippen molar-refractivity contribution >= 4 is 22.6 Å². The summed E-state index contributed by atoms with van der Waals surface area (Å²) >= 11 is 6.21. The van der Waals surface area contributed by atoms with Crippen LogP contribution in [-0.2, 0) is 5.41 Å². The average molecular weight is 363 g/mol. The summed E-state index contributed by atoms with van der Waals surface area (Å²) in [6.07, 6.45) is 3.50. The lowest BCUT2D eigenvalue weighted by molar-refractivity contribution is 0.591. The number of hydrogen-bond acceptors (Lipinski definition) is 3. The Bertz CT molecular complexity index is 1080. The predicted octanol–water partition coefficient (Wildman–Crippen LogP) is 5.64. The van der Waals surface area contributed by atoms with Crippen molar-refractivity contribution in [3.05, 3.63) is 65.4 Å². The van der Waals surface area contributed by atoms with Crippen LogP contribution in [0.15, 0.2) is 54.9 Å². The van der Waals surface area contributed by atoms with Crippen molar-refractivity contribution in [3.63, 3.8) is 0 Å². The van der Waals surface area contributed by atoms with Gasteiger partial charge in [-0.1, -0.05) is 38.4 Å². The van der Waals surface area contributed by atoms with Crippen LogP contribution in [-0.4, -0.2) is 19.9 Å². The Morgan fingerprint density at radius 1 is 1.00 bits per heavy atom. The van der Waals surface area contributed by atoms with Gasteiger partial charge in [-0.2, -0.15) is 0 Å². The molecule has 1 N–H and O–H groups in total. The highest BCUT2D eigenvalue weighted by atomic mass is 35.5. The van der Waals surface area contributed by atoms with Crippen LogP contribution in [0.5, 0.6) is 0 Å². The molecular formula is C21H19ClN4. The van der Waals surface area contributed by atoms with Crippen molar-refractivity contribution in [2.45, 2.75) is 26.2 Å². The molecule has 26 heavy (non-hydrogen) atoms. The Morgan fingerprint density at radius 2 is 1.85 bits per heavy atom. The Kier molecular flexibility index (Phi) is 4.00. The van der Waals surface area contributed by atoms with E-state index in [0.717, 1.165) is 33.8 Å². The molecule has 0 aliphatic heterocycles. The van der Waals surface area contributed by atoms with E-state index >= 15 is 0 Å². The maximum atomic E-state index is 6.21. The number of aromatic amines is 1. The highest BCUT2D eigenvalue weighted by molar-refractivity contribution is 6.33. The molecule has 0 atom stereocenters. The fourth-order valence-corrected chi connectivity index (χ4v) is 3.10. The normalized spacial score (nSPS) is 11.8. The second-order valence-electron chi connectivity index (χ2n) is 7.33. The lowest BCUT2D eigenvalue weighted by Gasteiger charge is -2.18. The maximum absolute atomic E-state index is 6.21. The van der Waals surface area contributed by atoms with Crippen LogP contribution in [0.2, 0.25) is 5.02 Å². The van der Waals surface area contributed by atoms with Crippen molar-refractivity contribution in [3.8, 4) is 22.8 Å². The maximum Gasteiger partial charge on any atom is 0.157 e. The zero-order chi connectivity index (χ0) is 18.3. The van der Waals surface area contributed by atoms with Gasteiger partial charge >= 0.3 is 0 Å². The first-order valence-corrected chi connectivity index (χ1v) is 8.87. The minimum atomic E-state index is 0.0985. The third kappa shape index (κ3) is 3.08. The number of benzene rings is 1. The molecule has 0 saturated heterocycles. The number of pyridine rings is 2. The summed E-state index contributed by atoms with van der Waals surface area (Å²) in [5.41, 5.74) is 5.72. The summed E-state index contributed by atoms with van der Waals surface area (Å²) in [6.45, 7) is 6.61. The molecule has 3 heterocycles. The van der Waals surface area contributed by atoms with Gasteiger partial charge in [0, 0.05) is 18.0 Å². The van der Waals surface area contributed by atoms with Crippen molar-refractivity contribution in [2.75, 3.05) is 0 Å². The highest BCUT2D eigenvalue weighted by Crippen LogP contribution is 2.28. The smallest absolute Gasteiger partial charge is 0.157 e. The first-order chi connectivity index (χ1) is 12.4. The molecule has 0 aliphatic rings. The molecule has 0 fully saturated rings. The van der Waals surface area contributed by atoms with E-state index in [1.165, 1.54) is 5.56 Å². The van der Waals surface area contributed by atoms with E-state index in [4.69, 9.17) is 11.6 Å². The standard InChI is InChI=1S/C21H19ClN4/c1-21(2,3)14-7-9-16-18(11-14)26-20(25-16)17-8-6-13(12-24-17)19-15(22)5-4-10-23-19/h4-12H,1-3H3,(H,25,26). The number of hydrogen-bond donors (Lipinski definition) is 1. The highest BCUT2D eigenvalue weighted by Gasteiger charge is 2.15. The minimum Gasteiger partial charge on any atom is -0.337 e. The topological polar surface area (TPSA) is 54.5 Å². The fraction of sp³-hybridized carbons (Fsp3) is 0.190. The molecule has 1 aromatic carbocycles. The van der Waals surface area contributed by atoms with Crippen LogP contribution < -0.4 is 0 Å². The minimum absolute atomic E-state index is 0.0985. The number of imidazole rings is 1. The second kappa shape index (κ2) is 6.22. The summed E-state index contributed by atoms with van der Waals surface area (Å²) in [5, 5.41) is 0.612. The number of H-pyrrole nitrogens is 1. The number of nitrogens with zero attached hydrogens (tertiary/aromatic N) is 3. The Hall–Kier alpha value is -2.72. The molecule has 0 spiro atoms. The van der Waals surface area contributed by atoms with Crippen molar-refractivity contribution in [1.82, 2.24) is 19.9 Å². The lowest BCUT2D eigenvalue weighted by atomic mass is 9.87. The Balaban J connectivity index is 1.70. The number of nitrogens with one attached hydrogen (secondary N) is 1. The third-order valence-electron chi connectivity index (χ3n) is 4.39. The first kappa shape index (κ1) is 16.7. The average Bonchev–Trinajstić information content (AvgIpc) is 3.05. The van der Waals surface area contributed by atoms with Crippen LogP contribution in [0, 0.1) is 0 Å². The van der Waals surface area contributed by atoms with Crippen LogP contribution in [0.4, 0.5) is 0 Å². The van der Waals surface area contributed by atoms with Gasteiger partial charge in [-0.25, -0.2) is 4.98 Å². The largest absolute Gasteiger partial charge is 0.337 e. The van der Waals surface area contributed by atoms with Crippen molar-refractivity contribution in [2.24, 2.45) is 0 Å². The van der Waals surface area contributed by atoms with Crippen LogP contribution in [0.1, 0.15) is 26.3 Å². The van der Waals surface area contributed by atoms with Gasteiger partial charge in [0.1, 0.15) is 5.69 Å². The van der Waals surface area contributed by atoms with Gasteiger partial charge < -0.3 is 4.98 Å². The number of aromatic nitrogens is 4. The summed E-state index contributed by atoms with van der Waals surface area (Å²) < 4.78 is 0. The molecule has 0 unspecified atom stereocenters. The second-order valence-corrected chi connectivity index (χ2v) is 7.74. The molecule has 4 nitrogen and oxygen atoms in total. The van der Waals surface area contributed by atoms with Gasteiger partial charge in [-0.05, 0) is 47.4 Å². The van der Waals surface area contributed by atoms with Gasteiger partial charge in [-0.3, -0.25) is 9.97 Å². The third-order valence-corrected chi connectivity index (χ3v) is 4.69. The van der Waals surface area contributed by atoms with E-state index in [1.807, 2.05) is 24.3 Å². The van der Waals surface area contributed by atoms with Gasteiger partial charge in [0.15, 0.2) is 5.82 Å². The van der Waals surface area contributed by atoms with Gasteiger partial charge in [-0.15, -0.1) is 0 Å². The molecule has 5 heteroatoms. The molecular weight excluding hydrogens is 344 g/mol. The first-order valence-electron chi connectivity index (χ1n) is 8.49. The lowest BCUT2D eigenvalue weighted by Crippen LogP contribution is -2.10. The van der Waals surface area contributed by atoms with Gasteiger partial charge in [0.25, 0.3) is 0 Å². The Morgan fingerprint density at radius 3 is 2.54 bits per heavy atom. The summed E-state index contributed by atoms with van der Waals surface area (Å²) in [6, 6.07) is 13.9. The summed E-state index contributed by atoms with van der Waals surface area (Å²) in [4.78, 5) is 16.9. The van der Waals surface area contributed by atoms with Crippen LogP contribution >= 0.6 is 11.6 Å². The molecule has 0 amide bonds. The van der Waals surface area contributed by atoms with E-state index in [0.29, 0.717) is 5.02 Å². The van der Waals surface area contributed by atoms with Gasteiger partial charge in [0.2, 0.25) is 0 Å². The number of halogens is 1. The number of rotatable bonds is 2. The molecule has 3 aromatic heterocycles. The molecule has 0 radical (unpaired) electrons. The zero-order valence-corrected chi connectivity index (χ0v) is 15.7. The van der Waals surface area contributed by atoms with E-state index in [1.54, 1.807) is 12.4 Å². The SMILES string of the molecule is CC(C)(C)c1ccc2nc(-c3ccc(-c4ncccc4Cl)cn3)[nH]c2c1. The van der Waals surface area contributed by atoms with Crippen molar-refractivity contribution in [1.29, 1.82) is 0 Å². The fourth-order valence-electron chi connectivity index (χ4n) is 2.87. The van der Waals surface area contributed by atoms with E-state index in [9.17, 15) is 0 Å². The van der Waals surface area contributed by atoms with E-state index < -0.39 is 0 Å². The monoisotopic (exact) mass is 362 g/mol. The molecule has 4 aromatic rings. The Labute approximate surface area is 157 Å². The quantitative estimate of drug-likeness (QED) is 0.502. The van der Waals surface area contributed by atoms with Crippen LogP contribution in [0.3, 0.4) is 0 Å². The van der Waals surface area contributed by atoms with E-state index in [-0.39, 0.29) is 5.41 Å².